The number of hydrogen-bond acceptors (Lipinski definition) is 2. The summed E-state index contributed by atoms with van der Waals surface area (Å²) in [6.45, 7) is 13.4. The Morgan fingerprint density at radius 2 is 1.38 bits per heavy atom. The fourth-order valence-electron chi connectivity index (χ4n) is 1.79. The van der Waals surface area contributed by atoms with E-state index < -0.39 is 0 Å². The van der Waals surface area contributed by atoms with E-state index in [1.165, 1.54) is 25.9 Å². The maximum Gasteiger partial charge on any atom is 0.0169 e. The van der Waals surface area contributed by atoms with Gasteiger partial charge >= 0.3 is 0 Å². The molecular weight excluding hydrogens is 196 g/mol. The molecule has 2 heteroatoms. The van der Waals surface area contributed by atoms with Crippen LogP contribution in [0.15, 0.2) is 12.2 Å². The van der Waals surface area contributed by atoms with Crippen LogP contribution in [0.5, 0.6) is 0 Å². The van der Waals surface area contributed by atoms with Crippen LogP contribution in [0.3, 0.4) is 0 Å². The van der Waals surface area contributed by atoms with Crippen molar-refractivity contribution < 1.29 is 0 Å². The Balaban J connectivity index is 0.000000251. The summed E-state index contributed by atoms with van der Waals surface area (Å²) in [5, 5.41) is 0. The molecule has 96 valence electrons. The quantitative estimate of drug-likeness (QED) is 0.634. The molecule has 16 heavy (non-hydrogen) atoms. The third kappa shape index (κ3) is 7.02. The van der Waals surface area contributed by atoms with Crippen LogP contribution in [0.4, 0.5) is 0 Å². The predicted octanol–water partition coefficient (Wildman–Crippen LogP) is 3.00. The van der Waals surface area contributed by atoms with Gasteiger partial charge in [-0.1, -0.05) is 26.0 Å². The van der Waals surface area contributed by atoms with Gasteiger partial charge in [0.25, 0.3) is 0 Å². The smallest absolute Gasteiger partial charge is 0.0169 e. The molecule has 0 spiro atoms. The van der Waals surface area contributed by atoms with E-state index >= 15 is 0 Å². The van der Waals surface area contributed by atoms with Crippen LogP contribution in [-0.4, -0.2) is 49.1 Å². The summed E-state index contributed by atoms with van der Waals surface area (Å²) in [5.74, 6) is 0. The van der Waals surface area contributed by atoms with E-state index in [1.807, 2.05) is 13.8 Å². The lowest BCUT2D eigenvalue weighted by Crippen LogP contribution is -2.27. The highest BCUT2D eigenvalue weighted by Gasteiger charge is 2.08. The molecule has 2 nitrogen and oxygen atoms in total. The Morgan fingerprint density at radius 1 is 0.938 bits per heavy atom. The first-order valence-corrected chi connectivity index (χ1v) is 6.77. The summed E-state index contributed by atoms with van der Waals surface area (Å²) in [7, 11) is 2.17. The summed E-state index contributed by atoms with van der Waals surface area (Å²) in [6, 6.07) is 0.713. The van der Waals surface area contributed by atoms with Crippen molar-refractivity contribution in [2.75, 3.05) is 33.2 Å². The molecule has 0 atom stereocenters. The van der Waals surface area contributed by atoms with E-state index in [0.29, 0.717) is 6.04 Å². The second-order valence-electron chi connectivity index (χ2n) is 4.53. The van der Waals surface area contributed by atoms with E-state index in [9.17, 15) is 0 Å². The van der Waals surface area contributed by atoms with E-state index in [0.717, 1.165) is 13.1 Å². The second-order valence-corrected chi connectivity index (χ2v) is 4.53. The zero-order valence-corrected chi connectivity index (χ0v) is 11.9. The van der Waals surface area contributed by atoms with Gasteiger partial charge in [-0.05, 0) is 46.8 Å². The van der Waals surface area contributed by atoms with Crippen molar-refractivity contribution in [2.24, 2.45) is 0 Å². The molecule has 0 aliphatic carbocycles. The minimum absolute atomic E-state index is 0.713. The maximum absolute atomic E-state index is 2.42. The van der Waals surface area contributed by atoms with Crippen molar-refractivity contribution in [3.8, 4) is 0 Å². The van der Waals surface area contributed by atoms with Crippen molar-refractivity contribution in [3.63, 3.8) is 0 Å². The monoisotopic (exact) mass is 226 g/mol. The van der Waals surface area contributed by atoms with Crippen LogP contribution in [0.1, 0.15) is 40.5 Å². The summed E-state index contributed by atoms with van der Waals surface area (Å²) in [5.41, 5.74) is 0. The average molecular weight is 226 g/mol. The molecule has 0 aromatic carbocycles. The molecule has 2 aliphatic rings. The molecule has 2 aliphatic heterocycles. The molecule has 0 aromatic heterocycles. The Labute approximate surface area is 102 Å². The molecule has 0 amide bonds. The maximum atomic E-state index is 2.42. The first-order valence-electron chi connectivity index (χ1n) is 6.77. The summed E-state index contributed by atoms with van der Waals surface area (Å²) in [6.07, 6.45) is 7.27. The molecule has 0 N–H and O–H groups in total. The van der Waals surface area contributed by atoms with Crippen molar-refractivity contribution in [2.45, 2.75) is 46.6 Å². The van der Waals surface area contributed by atoms with Gasteiger partial charge in [0.05, 0.1) is 0 Å². The molecule has 0 bridgehead atoms. The van der Waals surface area contributed by atoms with Crippen molar-refractivity contribution in [1.82, 2.24) is 9.80 Å². The zero-order valence-electron chi connectivity index (χ0n) is 11.9. The first kappa shape index (κ1) is 15.7. The highest BCUT2D eigenvalue weighted by molar-refractivity contribution is 4.96. The highest BCUT2D eigenvalue weighted by atomic mass is 15.1. The molecule has 0 radical (unpaired) electrons. The molecule has 0 saturated carbocycles. The van der Waals surface area contributed by atoms with Gasteiger partial charge in [0.1, 0.15) is 0 Å². The molecule has 0 unspecified atom stereocenters. The lowest BCUT2D eigenvalue weighted by atomic mass is 10.3. The predicted molar refractivity (Wildman–Crippen MR) is 73.9 cm³/mol. The summed E-state index contributed by atoms with van der Waals surface area (Å²) >= 11 is 0. The van der Waals surface area contributed by atoms with Crippen LogP contribution in [-0.2, 0) is 0 Å². The number of hydrogen-bond donors (Lipinski definition) is 0. The fourth-order valence-corrected chi connectivity index (χ4v) is 1.79. The number of likely N-dealkylation sites (tertiary alicyclic amines) is 1. The van der Waals surface area contributed by atoms with Gasteiger partial charge in [0, 0.05) is 19.1 Å². The lowest BCUT2D eigenvalue weighted by Gasteiger charge is -2.18. The summed E-state index contributed by atoms with van der Waals surface area (Å²) in [4.78, 5) is 4.78. The third-order valence-corrected chi connectivity index (χ3v) is 2.91. The van der Waals surface area contributed by atoms with E-state index in [-0.39, 0.29) is 0 Å². The van der Waals surface area contributed by atoms with Gasteiger partial charge in [-0.25, -0.2) is 0 Å². The Hall–Kier alpha value is -0.340. The van der Waals surface area contributed by atoms with Gasteiger partial charge in [-0.3, -0.25) is 4.90 Å². The second kappa shape index (κ2) is 9.86. The lowest BCUT2D eigenvalue weighted by molar-refractivity contribution is 0.288. The SMILES string of the molecule is CC.CC(C)N1CC=CC1.CN1CCCC1. The van der Waals surface area contributed by atoms with Crippen LogP contribution in [0.2, 0.25) is 0 Å². The zero-order chi connectivity index (χ0) is 12.4. The molecule has 2 rings (SSSR count). The normalized spacial score (nSPS) is 20.4. The van der Waals surface area contributed by atoms with E-state index in [2.05, 4.69) is 42.8 Å². The van der Waals surface area contributed by atoms with Crippen LogP contribution < -0.4 is 0 Å². The molecule has 2 heterocycles. The largest absolute Gasteiger partial charge is 0.306 e. The molecular formula is C14H30N2. The van der Waals surface area contributed by atoms with Crippen molar-refractivity contribution in [1.29, 1.82) is 0 Å². The Kier molecular flexibility index (Phi) is 9.65. The minimum Gasteiger partial charge on any atom is -0.306 e. The van der Waals surface area contributed by atoms with Gasteiger partial charge in [0.15, 0.2) is 0 Å². The molecule has 0 aromatic rings. The summed E-state index contributed by atoms with van der Waals surface area (Å²) < 4.78 is 0. The Morgan fingerprint density at radius 3 is 1.56 bits per heavy atom. The van der Waals surface area contributed by atoms with Crippen LogP contribution in [0, 0.1) is 0 Å². The van der Waals surface area contributed by atoms with Gasteiger partial charge < -0.3 is 4.90 Å². The van der Waals surface area contributed by atoms with Crippen LogP contribution >= 0.6 is 0 Å². The van der Waals surface area contributed by atoms with Crippen LogP contribution in [0.25, 0.3) is 0 Å². The highest BCUT2D eigenvalue weighted by Crippen LogP contribution is 2.03. The van der Waals surface area contributed by atoms with Gasteiger partial charge in [0.2, 0.25) is 0 Å². The van der Waals surface area contributed by atoms with Gasteiger partial charge in [-0.15, -0.1) is 0 Å². The van der Waals surface area contributed by atoms with Crippen molar-refractivity contribution in [3.05, 3.63) is 12.2 Å². The van der Waals surface area contributed by atoms with Crippen molar-refractivity contribution >= 4 is 0 Å². The molecule has 1 saturated heterocycles. The molecule has 1 fully saturated rings. The third-order valence-electron chi connectivity index (χ3n) is 2.91. The average Bonchev–Trinajstić information content (AvgIpc) is 2.93. The van der Waals surface area contributed by atoms with E-state index in [1.54, 1.807) is 0 Å². The number of nitrogens with zero attached hydrogens (tertiary/aromatic N) is 2. The van der Waals surface area contributed by atoms with E-state index in [4.69, 9.17) is 0 Å². The first-order chi connectivity index (χ1) is 7.70. The number of rotatable bonds is 1. The Bertz CT molecular complexity index is 162. The minimum atomic E-state index is 0.713. The standard InChI is InChI=1S/C7H13N.C5H11N.C2H6/c1-7(2)8-5-3-4-6-8;1-6-4-2-3-5-6;1-2/h3-4,7H,5-6H2,1-2H3;2-5H2,1H3;1-2H3. The fraction of sp³-hybridized carbons (Fsp3) is 0.857. The topological polar surface area (TPSA) is 6.48 Å². The van der Waals surface area contributed by atoms with Gasteiger partial charge in [-0.2, -0.15) is 0 Å².